The Morgan fingerprint density at radius 3 is 2.90 bits per heavy atom. The van der Waals surface area contributed by atoms with Gasteiger partial charge in [-0.3, -0.25) is 9.79 Å². The van der Waals surface area contributed by atoms with Gasteiger partial charge in [-0.1, -0.05) is 25.0 Å². The number of hydrogen-bond acceptors (Lipinski definition) is 3. The first kappa shape index (κ1) is 19.7. The second-order valence-electron chi connectivity index (χ2n) is 8.17. The molecular weight excluding hydrogens is 364 g/mol. The molecule has 156 valence electrons. The molecule has 29 heavy (non-hydrogen) atoms. The van der Waals surface area contributed by atoms with Crippen LogP contribution in [0.2, 0.25) is 0 Å². The van der Waals surface area contributed by atoms with Crippen molar-refractivity contribution in [3.05, 3.63) is 30.6 Å². The first-order valence-corrected chi connectivity index (χ1v) is 10.9. The van der Waals surface area contributed by atoms with E-state index < -0.39 is 0 Å². The summed E-state index contributed by atoms with van der Waals surface area (Å²) in [4.78, 5) is 23.5. The molecule has 2 aliphatic rings. The summed E-state index contributed by atoms with van der Waals surface area (Å²) < 4.78 is 2.19. The molecule has 1 unspecified atom stereocenters. The van der Waals surface area contributed by atoms with Crippen LogP contribution in [0.5, 0.6) is 0 Å². The molecule has 1 aromatic heterocycles. The second-order valence-corrected chi connectivity index (χ2v) is 8.17. The number of carbonyl (C=O) groups is 1. The molecular formula is C22H32N6O. The van der Waals surface area contributed by atoms with E-state index in [1.54, 1.807) is 7.05 Å². The molecule has 7 nitrogen and oxygen atoms in total. The average Bonchev–Trinajstić information content (AvgIpc) is 3.51. The molecule has 1 saturated carbocycles. The number of likely N-dealkylation sites (tertiary alicyclic amines) is 1. The van der Waals surface area contributed by atoms with Crippen molar-refractivity contribution in [1.82, 2.24) is 25.1 Å². The van der Waals surface area contributed by atoms with Crippen molar-refractivity contribution in [2.45, 2.75) is 51.1 Å². The number of nitrogens with one attached hydrogen (secondary N) is 2. The van der Waals surface area contributed by atoms with Crippen molar-refractivity contribution < 1.29 is 4.79 Å². The summed E-state index contributed by atoms with van der Waals surface area (Å²) in [7, 11) is 1.80. The summed E-state index contributed by atoms with van der Waals surface area (Å²) in [5, 5.41) is 6.90. The fraction of sp³-hybridized carbons (Fsp3) is 0.591. The number of amides is 1. The lowest BCUT2D eigenvalue weighted by Crippen LogP contribution is -2.45. The first-order chi connectivity index (χ1) is 14.2. The van der Waals surface area contributed by atoms with Crippen molar-refractivity contribution in [2.24, 2.45) is 10.9 Å². The number of benzene rings is 1. The minimum atomic E-state index is 0.269. The average molecular weight is 397 g/mol. The van der Waals surface area contributed by atoms with Gasteiger partial charge >= 0.3 is 0 Å². The third-order valence-corrected chi connectivity index (χ3v) is 6.16. The molecule has 2 fully saturated rings. The number of guanidine groups is 1. The van der Waals surface area contributed by atoms with Crippen LogP contribution in [0.4, 0.5) is 0 Å². The fourth-order valence-electron chi connectivity index (χ4n) is 4.54. The molecule has 2 aromatic rings. The lowest BCUT2D eigenvalue weighted by molar-refractivity contribution is -0.134. The Balaban J connectivity index is 1.19. The Hall–Kier alpha value is -2.57. The standard InChI is InChI=1S/C22H32N6O/c1-23-22(24-12-6-13-28-16-25-19-9-4-5-10-20(19)28)26-18-11-14-27(15-18)21(29)17-7-2-3-8-17/h4-5,9-10,16-18H,2-3,6-8,11-15H2,1H3,(H2,23,24,26). The number of aryl methyl sites for hydroxylation is 1. The number of nitrogens with zero attached hydrogens (tertiary/aromatic N) is 4. The van der Waals surface area contributed by atoms with Crippen molar-refractivity contribution in [3.8, 4) is 0 Å². The van der Waals surface area contributed by atoms with Crippen molar-refractivity contribution in [3.63, 3.8) is 0 Å². The summed E-state index contributed by atoms with van der Waals surface area (Å²) in [5.41, 5.74) is 2.21. The van der Waals surface area contributed by atoms with E-state index in [0.29, 0.717) is 5.91 Å². The number of aromatic nitrogens is 2. The number of imidazole rings is 1. The summed E-state index contributed by atoms with van der Waals surface area (Å²) >= 11 is 0. The molecule has 1 aliphatic carbocycles. The summed E-state index contributed by atoms with van der Waals surface area (Å²) in [6.45, 7) is 3.40. The molecule has 2 heterocycles. The van der Waals surface area contributed by atoms with Crippen LogP contribution in [0.25, 0.3) is 11.0 Å². The van der Waals surface area contributed by atoms with E-state index in [4.69, 9.17) is 0 Å². The predicted octanol–water partition coefficient (Wildman–Crippen LogP) is 2.38. The zero-order valence-electron chi connectivity index (χ0n) is 17.3. The monoisotopic (exact) mass is 396 g/mol. The topological polar surface area (TPSA) is 74.6 Å². The van der Waals surface area contributed by atoms with Crippen LogP contribution in [-0.4, -0.2) is 59.0 Å². The van der Waals surface area contributed by atoms with Crippen LogP contribution >= 0.6 is 0 Å². The first-order valence-electron chi connectivity index (χ1n) is 10.9. The maximum atomic E-state index is 12.6. The SMILES string of the molecule is CN=C(NCCCn1cnc2ccccc21)NC1CCN(C(=O)C2CCCC2)C1. The summed E-state index contributed by atoms with van der Waals surface area (Å²) in [6, 6.07) is 8.49. The Morgan fingerprint density at radius 2 is 2.07 bits per heavy atom. The minimum absolute atomic E-state index is 0.269. The quantitative estimate of drug-likeness (QED) is 0.447. The van der Waals surface area contributed by atoms with Crippen LogP contribution in [0.3, 0.4) is 0 Å². The number of para-hydroxylation sites is 2. The highest BCUT2D eigenvalue weighted by Gasteiger charge is 2.32. The number of aliphatic imine (C=N–C) groups is 1. The van der Waals surface area contributed by atoms with Gasteiger partial charge < -0.3 is 20.1 Å². The lowest BCUT2D eigenvalue weighted by Gasteiger charge is -2.21. The van der Waals surface area contributed by atoms with E-state index in [0.717, 1.165) is 63.3 Å². The van der Waals surface area contributed by atoms with Gasteiger partial charge in [-0.05, 0) is 37.8 Å². The van der Waals surface area contributed by atoms with Gasteiger partial charge in [0, 0.05) is 45.2 Å². The maximum absolute atomic E-state index is 12.6. The maximum Gasteiger partial charge on any atom is 0.225 e. The third-order valence-electron chi connectivity index (χ3n) is 6.16. The number of carbonyl (C=O) groups excluding carboxylic acids is 1. The van der Waals surface area contributed by atoms with Gasteiger partial charge in [0.2, 0.25) is 5.91 Å². The molecule has 7 heteroatoms. The molecule has 1 aromatic carbocycles. The number of fused-ring (bicyclic) bond motifs is 1. The van der Waals surface area contributed by atoms with Gasteiger partial charge in [0.05, 0.1) is 17.4 Å². The third kappa shape index (κ3) is 4.71. The molecule has 4 rings (SSSR count). The Bertz CT molecular complexity index is 854. The second kappa shape index (κ2) is 9.29. The van der Waals surface area contributed by atoms with Gasteiger partial charge in [-0.15, -0.1) is 0 Å². The van der Waals surface area contributed by atoms with E-state index >= 15 is 0 Å². The zero-order valence-corrected chi connectivity index (χ0v) is 17.3. The fourth-order valence-corrected chi connectivity index (χ4v) is 4.54. The van der Waals surface area contributed by atoms with Gasteiger partial charge in [-0.25, -0.2) is 4.98 Å². The number of hydrogen-bond donors (Lipinski definition) is 2. The van der Waals surface area contributed by atoms with Crippen LogP contribution in [0, 0.1) is 5.92 Å². The Kier molecular flexibility index (Phi) is 6.32. The molecule has 0 bridgehead atoms. The van der Waals surface area contributed by atoms with Gasteiger partial charge in [0.1, 0.15) is 0 Å². The van der Waals surface area contributed by atoms with Crippen LogP contribution < -0.4 is 10.6 Å². The van der Waals surface area contributed by atoms with E-state index in [1.807, 2.05) is 29.4 Å². The van der Waals surface area contributed by atoms with E-state index in [2.05, 4.69) is 31.2 Å². The predicted molar refractivity (Wildman–Crippen MR) is 116 cm³/mol. The number of rotatable bonds is 6. The van der Waals surface area contributed by atoms with E-state index in [-0.39, 0.29) is 12.0 Å². The molecule has 1 aliphatic heterocycles. The van der Waals surface area contributed by atoms with Crippen molar-refractivity contribution >= 4 is 22.9 Å². The van der Waals surface area contributed by atoms with Crippen molar-refractivity contribution in [1.29, 1.82) is 0 Å². The van der Waals surface area contributed by atoms with Crippen LogP contribution in [0.15, 0.2) is 35.6 Å². The van der Waals surface area contributed by atoms with E-state index in [1.165, 1.54) is 18.4 Å². The minimum Gasteiger partial charge on any atom is -0.356 e. The zero-order chi connectivity index (χ0) is 20.1. The molecule has 2 N–H and O–H groups in total. The van der Waals surface area contributed by atoms with E-state index in [9.17, 15) is 4.79 Å². The van der Waals surface area contributed by atoms with Crippen LogP contribution in [0.1, 0.15) is 38.5 Å². The van der Waals surface area contributed by atoms with Gasteiger partial charge in [0.25, 0.3) is 0 Å². The largest absolute Gasteiger partial charge is 0.356 e. The molecule has 0 radical (unpaired) electrons. The molecule has 0 spiro atoms. The molecule has 1 saturated heterocycles. The smallest absolute Gasteiger partial charge is 0.225 e. The highest BCUT2D eigenvalue weighted by atomic mass is 16.2. The summed E-state index contributed by atoms with van der Waals surface area (Å²) in [5.74, 6) is 1.45. The van der Waals surface area contributed by atoms with Gasteiger partial charge in [-0.2, -0.15) is 0 Å². The lowest BCUT2D eigenvalue weighted by atomic mass is 10.1. The van der Waals surface area contributed by atoms with Crippen LogP contribution in [-0.2, 0) is 11.3 Å². The highest BCUT2D eigenvalue weighted by Crippen LogP contribution is 2.27. The summed E-state index contributed by atoms with van der Waals surface area (Å²) in [6.07, 6.45) is 8.44. The Labute approximate surface area is 172 Å². The molecule has 1 atom stereocenters. The Morgan fingerprint density at radius 1 is 1.24 bits per heavy atom. The highest BCUT2D eigenvalue weighted by molar-refractivity contribution is 5.81. The van der Waals surface area contributed by atoms with Crippen molar-refractivity contribution in [2.75, 3.05) is 26.7 Å². The normalized spacial score (nSPS) is 20.5. The molecule has 1 amide bonds. The van der Waals surface area contributed by atoms with Gasteiger partial charge in [0.15, 0.2) is 5.96 Å².